The topological polar surface area (TPSA) is 70.6 Å². The number of carbonyl (C=O) groups excluding carboxylic acids is 1. The summed E-state index contributed by atoms with van der Waals surface area (Å²) in [5.74, 6) is -0.182. The number of phenols is 1. The first-order valence-electron chi connectivity index (χ1n) is 8.26. The molecule has 3 rings (SSSR count). The molecule has 138 valence electrons. The minimum atomic E-state index is -0.422. The number of hydrogen-bond acceptors (Lipinski definition) is 4. The van der Waals surface area contributed by atoms with Gasteiger partial charge in [-0.3, -0.25) is 4.79 Å². The van der Waals surface area contributed by atoms with E-state index >= 15 is 0 Å². The molecule has 3 N–H and O–H groups in total. The number of aryl methyl sites for hydroxylation is 1. The van der Waals surface area contributed by atoms with Gasteiger partial charge in [-0.05, 0) is 54.6 Å². The summed E-state index contributed by atoms with van der Waals surface area (Å²) in [6, 6.07) is 18.5. The molecule has 0 unspecified atom stereocenters. The maximum absolute atomic E-state index is 12.9. The van der Waals surface area contributed by atoms with Crippen molar-refractivity contribution < 1.29 is 51.7 Å². The van der Waals surface area contributed by atoms with Crippen molar-refractivity contribution in [3.05, 3.63) is 83.7 Å². The largest absolute Gasteiger partial charge is 3.00 e. The number of carbonyl (C=O) groups is 1. The molecule has 0 heterocycles. The van der Waals surface area contributed by atoms with Gasteiger partial charge in [0.15, 0.2) is 0 Å². The molecule has 0 bridgehead atoms. The normalized spacial score (nSPS) is 9.93. The average Bonchev–Trinajstić information content (AvgIpc) is 2.64. The zero-order valence-corrected chi connectivity index (χ0v) is 18.0. The zero-order chi connectivity index (χ0) is 19.2. The van der Waals surface area contributed by atoms with Crippen LogP contribution in [0.4, 0.5) is 15.8 Å². The second kappa shape index (κ2) is 10.2. The van der Waals surface area contributed by atoms with Gasteiger partial charge in [-0.25, -0.2) is 4.39 Å². The SMILES string of the molecule is Cc1cccc(OCNc2c[c-]c(NC(=O)c3ccc(F)cc3)cc2O)c1.[Y+3]. The third kappa shape index (κ3) is 6.04. The van der Waals surface area contributed by atoms with E-state index in [9.17, 15) is 14.3 Å². The summed E-state index contributed by atoms with van der Waals surface area (Å²) in [6.07, 6.45) is 0. The van der Waals surface area contributed by atoms with Crippen molar-refractivity contribution in [1.29, 1.82) is 0 Å². The maximum atomic E-state index is 12.9. The number of anilines is 2. The van der Waals surface area contributed by atoms with Crippen molar-refractivity contribution in [3.63, 3.8) is 0 Å². The van der Waals surface area contributed by atoms with Crippen LogP contribution >= 0.6 is 0 Å². The van der Waals surface area contributed by atoms with E-state index in [1.54, 1.807) is 0 Å². The Morgan fingerprint density at radius 1 is 1.18 bits per heavy atom. The molecular formula is C21H18FN2O3Y+2. The Morgan fingerprint density at radius 2 is 1.93 bits per heavy atom. The van der Waals surface area contributed by atoms with Crippen molar-refractivity contribution in [2.45, 2.75) is 6.92 Å². The summed E-state index contributed by atoms with van der Waals surface area (Å²) in [6.45, 7) is 2.13. The minimum Gasteiger partial charge on any atom is -0.531 e. The zero-order valence-electron chi connectivity index (χ0n) is 15.2. The van der Waals surface area contributed by atoms with Crippen LogP contribution in [0, 0.1) is 18.8 Å². The van der Waals surface area contributed by atoms with Crippen LogP contribution in [0.1, 0.15) is 15.9 Å². The quantitative estimate of drug-likeness (QED) is 0.295. The van der Waals surface area contributed by atoms with Crippen molar-refractivity contribution >= 4 is 17.3 Å². The van der Waals surface area contributed by atoms with E-state index < -0.39 is 11.7 Å². The number of halogens is 1. The fraction of sp³-hybridized carbons (Fsp3) is 0.0952. The monoisotopic (exact) mass is 454 g/mol. The molecule has 0 saturated carbocycles. The van der Waals surface area contributed by atoms with Crippen molar-refractivity contribution in [2.75, 3.05) is 17.4 Å². The van der Waals surface area contributed by atoms with E-state index in [2.05, 4.69) is 16.7 Å². The summed E-state index contributed by atoms with van der Waals surface area (Å²) in [5.41, 5.74) is 2.11. The van der Waals surface area contributed by atoms with Crippen molar-refractivity contribution in [1.82, 2.24) is 0 Å². The molecule has 0 spiro atoms. The predicted octanol–water partition coefficient (Wildman–Crippen LogP) is 4.34. The van der Waals surface area contributed by atoms with Gasteiger partial charge in [0.2, 0.25) is 0 Å². The Bertz CT molecular complexity index is 949. The summed E-state index contributed by atoms with van der Waals surface area (Å²) in [5, 5.41) is 15.7. The van der Waals surface area contributed by atoms with Gasteiger partial charge in [0.05, 0.1) is 0 Å². The van der Waals surface area contributed by atoms with E-state index in [0.29, 0.717) is 22.7 Å². The first-order valence-corrected chi connectivity index (χ1v) is 8.26. The van der Waals surface area contributed by atoms with Crippen LogP contribution in [0.5, 0.6) is 11.5 Å². The summed E-state index contributed by atoms with van der Waals surface area (Å²) in [4.78, 5) is 12.1. The Hall–Kier alpha value is -2.44. The predicted molar refractivity (Wildman–Crippen MR) is 102 cm³/mol. The molecule has 3 aromatic carbocycles. The van der Waals surface area contributed by atoms with E-state index in [-0.39, 0.29) is 45.2 Å². The van der Waals surface area contributed by atoms with Crippen molar-refractivity contribution in [2.24, 2.45) is 0 Å². The number of benzene rings is 3. The number of phenolic OH excluding ortho intramolecular Hbond substituents is 1. The molecule has 3 aromatic rings. The third-order valence-corrected chi connectivity index (χ3v) is 3.77. The molecule has 0 fully saturated rings. The Morgan fingerprint density at radius 3 is 2.61 bits per heavy atom. The summed E-state index contributed by atoms with van der Waals surface area (Å²) >= 11 is 0. The first-order chi connectivity index (χ1) is 13.0. The van der Waals surface area contributed by atoms with Crippen molar-refractivity contribution in [3.8, 4) is 11.5 Å². The van der Waals surface area contributed by atoms with Crippen LogP contribution < -0.4 is 15.4 Å². The van der Waals surface area contributed by atoms with Crippen LogP contribution in [0.25, 0.3) is 0 Å². The van der Waals surface area contributed by atoms with Gasteiger partial charge < -0.3 is 20.5 Å². The number of amides is 1. The number of hydrogen-bond donors (Lipinski definition) is 3. The third-order valence-electron chi connectivity index (χ3n) is 3.77. The molecular weight excluding hydrogens is 436 g/mol. The van der Waals surface area contributed by atoms with Gasteiger partial charge in [-0.1, -0.05) is 17.8 Å². The van der Waals surface area contributed by atoms with Gasteiger partial charge in [0.25, 0.3) is 5.91 Å². The Kier molecular flexibility index (Phi) is 7.96. The standard InChI is InChI=1S/C21H18FN2O3.Y/c1-14-3-2-4-18(11-14)27-13-23-19-10-9-17(12-20(19)25)24-21(26)15-5-7-16(22)8-6-15;/h2-8,10-12,23,25H,13H2,1H3,(H,24,26);/q-1;+3. The molecule has 7 heteroatoms. The van der Waals surface area contributed by atoms with Gasteiger partial charge in [-0.2, -0.15) is 6.07 Å². The van der Waals surface area contributed by atoms with Gasteiger partial charge in [0.1, 0.15) is 18.3 Å². The Balaban J connectivity index is 0.00000280. The molecule has 0 aromatic heterocycles. The number of rotatable bonds is 6. The van der Waals surface area contributed by atoms with E-state index in [0.717, 1.165) is 5.56 Å². The van der Waals surface area contributed by atoms with E-state index in [4.69, 9.17) is 4.74 Å². The molecule has 0 aliphatic rings. The van der Waals surface area contributed by atoms with Gasteiger partial charge in [-0.15, -0.1) is 12.1 Å². The first kappa shape index (κ1) is 21.9. The van der Waals surface area contributed by atoms with Crippen LogP contribution in [0.3, 0.4) is 0 Å². The molecule has 0 aliphatic carbocycles. The molecule has 5 nitrogen and oxygen atoms in total. The molecule has 28 heavy (non-hydrogen) atoms. The number of nitrogens with one attached hydrogen (secondary N) is 2. The summed E-state index contributed by atoms with van der Waals surface area (Å²) in [7, 11) is 0. The molecule has 0 aliphatic heterocycles. The molecule has 0 saturated heterocycles. The van der Waals surface area contributed by atoms with E-state index in [1.165, 1.54) is 36.4 Å². The molecule has 1 amide bonds. The fourth-order valence-corrected chi connectivity index (χ4v) is 2.39. The second-order valence-corrected chi connectivity index (χ2v) is 5.89. The van der Waals surface area contributed by atoms with Crippen LogP contribution in [0.15, 0.2) is 60.7 Å². The van der Waals surface area contributed by atoms with E-state index in [1.807, 2.05) is 31.2 Å². The maximum Gasteiger partial charge on any atom is 3.00 e. The second-order valence-electron chi connectivity index (χ2n) is 5.89. The van der Waals surface area contributed by atoms with Crippen LogP contribution in [-0.4, -0.2) is 17.7 Å². The van der Waals surface area contributed by atoms with Crippen LogP contribution in [0.2, 0.25) is 0 Å². The molecule has 0 atom stereocenters. The summed E-state index contributed by atoms with van der Waals surface area (Å²) < 4.78 is 18.5. The number of aromatic hydroxyl groups is 1. The smallest absolute Gasteiger partial charge is 0.531 e. The van der Waals surface area contributed by atoms with Gasteiger partial charge in [0, 0.05) is 11.3 Å². The molecule has 0 radical (unpaired) electrons. The number of ether oxygens (including phenoxy) is 1. The average molecular weight is 454 g/mol. The van der Waals surface area contributed by atoms with Crippen LogP contribution in [-0.2, 0) is 32.7 Å². The fourth-order valence-electron chi connectivity index (χ4n) is 2.39. The minimum absolute atomic E-state index is 0. The van der Waals surface area contributed by atoms with Gasteiger partial charge >= 0.3 is 32.7 Å². The Labute approximate surface area is 187 Å².